The maximum Gasteiger partial charge on any atom is -0.00247 e. The largest absolute Gasteiger partial charge is 0.309 e. The highest BCUT2D eigenvalue weighted by Crippen LogP contribution is 2.47. The lowest BCUT2D eigenvalue weighted by Crippen LogP contribution is -2.28. The van der Waals surface area contributed by atoms with E-state index in [1.165, 1.54) is 51.5 Å². The Labute approximate surface area is 124 Å². The molecule has 1 saturated carbocycles. The molecule has 0 aliphatic heterocycles. The number of fused-ring (bicyclic) bond motifs is 3. The Hall–Kier alpha value is -0.820. The maximum atomic E-state index is 2.41. The third kappa shape index (κ3) is 3.09. The standard InChI is InChI=1S/C19H29N/c1-20(2)13-5-6-15-9-10-17-12-11-16-7-3-4-8-18(16)19(17)14-15/h3-4,7-8,15,17,19H,5-6,9-14H2,1-2H3. The fraction of sp³-hybridized carbons (Fsp3) is 0.684. The van der Waals surface area contributed by atoms with Gasteiger partial charge < -0.3 is 4.90 Å². The zero-order chi connectivity index (χ0) is 13.9. The topological polar surface area (TPSA) is 3.24 Å². The molecule has 1 heteroatoms. The third-order valence-electron chi connectivity index (χ3n) is 5.56. The average molecular weight is 271 g/mol. The molecule has 110 valence electrons. The quantitative estimate of drug-likeness (QED) is 0.780. The molecule has 3 rings (SSSR count). The first-order valence-electron chi connectivity index (χ1n) is 8.46. The van der Waals surface area contributed by atoms with Gasteiger partial charge in [0, 0.05) is 0 Å². The van der Waals surface area contributed by atoms with Gasteiger partial charge in [-0.15, -0.1) is 0 Å². The van der Waals surface area contributed by atoms with E-state index in [9.17, 15) is 0 Å². The van der Waals surface area contributed by atoms with Crippen LogP contribution >= 0.6 is 0 Å². The molecule has 0 amide bonds. The minimum absolute atomic E-state index is 0.873. The van der Waals surface area contributed by atoms with Crippen molar-refractivity contribution in [3.05, 3.63) is 35.4 Å². The van der Waals surface area contributed by atoms with E-state index in [2.05, 4.69) is 43.3 Å². The van der Waals surface area contributed by atoms with Crippen molar-refractivity contribution in [2.75, 3.05) is 20.6 Å². The van der Waals surface area contributed by atoms with Crippen LogP contribution in [0.15, 0.2) is 24.3 Å². The van der Waals surface area contributed by atoms with Gasteiger partial charge in [-0.25, -0.2) is 0 Å². The summed E-state index contributed by atoms with van der Waals surface area (Å²) in [6, 6.07) is 9.24. The van der Waals surface area contributed by atoms with E-state index < -0.39 is 0 Å². The molecule has 1 aromatic rings. The number of benzene rings is 1. The number of nitrogens with zero attached hydrogens (tertiary/aromatic N) is 1. The van der Waals surface area contributed by atoms with Crippen LogP contribution in [0.2, 0.25) is 0 Å². The SMILES string of the molecule is CN(C)CCCC1CCC2CCc3ccccc3C2C1. The molecule has 1 aromatic carbocycles. The van der Waals surface area contributed by atoms with Gasteiger partial charge in [0.1, 0.15) is 0 Å². The Balaban J connectivity index is 1.63. The van der Waals surface area contributed by atoms with Gasteiger partial charge >= 0.3 is 0 Å². The van der Waals surface area contributed by atoms with E-state index in [1.807, 2.05) is 0 Å². The van der Waals surface area contributed by atoms with E-state index in [0.717, 1.165) is 17.8 Å². The first-order chi connectivity index (χ1) is 9.74. The molecular formula is C19H29N. The van der Waals surface area contributed by atoms with Crippen molar-refractivity contribution in [1.29, 1.82) is 0 Å². The molecule has 3 atom stereocenters. The van der Waals surface area contributed by atoms with Crippen molar-refractivity contribution in [3.63, 3.8) is 0 Å². The molecule has 0 saturated heterocycles. The molecule has 0 bridgehead atoms. The summed E-state index contributed by atoms with van der Waals surface area (Å²) in [7, 11) is 4.38. The van der Waals surface area contributed by atoms with Gasteiger partial charge in [0.15, 0.2) is 0 Å². The van der Waals surface area contributed by atoms with Gasteiger partial charge in [-0.1, -0.05) is 30.7 Å². The van der Waals surface area contributed by atoms with Crippen LogP contribution in [0.3, 0.4) is 0 Å². The summed E-state index contributed by atoms with van der Waals surface area (Å²) in [5.41, 5.74) is 3.34. The second kappa shape index (κ2) is 6.30. The summed E-state index contributed by atoms with van der Waals surface area (Å²) >= 11 is 0. The third-order valence-corrected chi connectivity index (χ3v) is 5.56. The zero-order valence-electron chi connectivity index (χ0n) is 13.1. The molecule has 3 unspecified atom stereocenters. The predicted molar refractivity (Wildman–Crippen MR) is 86.1 cm³/mol. The summed E-state index contributed by atoms with van der Waals surface area (Å²) in [6.45, 7) is 1.25. The van der Waals surface area contributed by atoms with Crippen molar-refractivity contribution in [2.45, 2.75) is 50.9 Å². The van der Waals surface area contributed by atoms with Crippen LogP contribution in [0.4, 0.5) is 0 Å². The summed E-state index contributed by atoms with van der Waals surface area (Å²) in [4.78, 5) is 2.32. The highest BCUT2D eigenvalue weighted by atomic mass is 15.0. The molecular weight excluding hydrogens is 242 g/mol. The minimum atomic E-state index is 0.873. The Bertz CT molecular complexity index is 437. The van der Waals surface area contributed by atoms with E-state index in [-0.39, 0.29) is 0 Å². The number of aryl methyl sites for hydroxylation is 1. The molecule has 0 radical (unpaired) electrons. The van der Waals surface area contributed by atoms with E-state index in [1.54, 1.807) is 11.1 Å². The lowest BCUT2D eigenvalue weighted by molar-refractivity contribution is 0.201. The first-order valence-corrected chi connectivity index (χ1v) is 8.46. The molecule has 0 spiro atoms. The highest BCUT2D eigenvalue weighted by molar-refractivity contribution is 5.33. The molecule has 0 aromatic heterocycles. The Morgan fingerprint density at radius 2 is 1.95 bits per heavy atom. The molecule has 0 N–H and O–H groups in total. The van der Waals surface area contributed by atoms with Gasteiger partial charge in [-0.2, -0.15) is 0 Å². The second-order valence-electron chi connectivity index (χ2n) is 7.23. The van der Waals surface area contributed by atoms with Crippen molar-refractivity contribution in [1.82, 2.24) is 4.90 Å². The van der Waals surface area contributed by atoms with Gasteiger partial charge in [-0.3, -0.25) is 0 Å². The van der Waals surface area contributed by atoms with Crippen molar-refractivity contribution >= 4 is 0 Å². The molecule has 0 heterocycles. The van der Waals surface area contributed by atoms with Crippen LogP contribution in [-0.2, 0) is 6.42 Å². The van der Waals surface area contributed by atoms with Crippen LogP contribution in [0.1, 0.15) is 55.6 Å². The van der Waals surface area contributed by atoms with Crippen LogP contribution in [0.25, 0.3) is 0 Å². The first kappa shape index (κ1) is 14.1. The normalized spacial score (nSPS) is 29.1. The van der Waals surface area contributed by atoms with Crippen molar-refractivity contribution in [2.24, 2.45) is 11.8 Å². The Morgan fingerprint density at radius 3 is 2.80 bits per heavy atom. The summed E-state index contributed by atoms with van der Waals surface area (Å²) in [5.74, 6) is 2.83. The van der Waals surface area contributed by atoms with Crippen molar-refractivity contribution in [3.8, 4) is 0 Å². The number of hydrogen-bond acceptors (Lipinski definition) is 1. The second-order valence-corrected chi connectivity index (χ2v) is 7.23. The van der Waals surface area contributed by atoms with E-state index >= 15 is 0 Å². The van der Waals surface area contributed by atoms with Gasteiger partial charge in [0.25, 0.3) is 0 Å². The number of hydrogen-bond donors (Lipinski definition) is 0. The molecule has 2 aliphatic carbocycles. The highest BCUT2D eigenvalue weighted by Gasteiger charge is 2.34. The summed E-state index contributed by atoms with van der Waals surface area (Å²) in [6.07, 6.45) is 9.98. The van der Waals surface area contributed by atoms with E-state index in [4.69, 9.17) is 0 Å². The summed E-state index contributed by atoms with van der Waals surface area (Å²) < 4.78 is 0. The zero-order valence-corrected chi connectivity index (χ0v) is 13.1. The van der Waals surface area contributed by atoms with Crippen LogP contribution in [0.5, 0.6) is 0 Å². The lowest BCUT2D eigenvalue weighted by atomic mass is 9.64. The van der Waals surface area contributed by atoms with Crippen LogP contribution in [-0.4, -0.2) is 25.5 Å². The Morgan fingerprint density at radius 1 is 1.10 bits per heavy atom. The fourth-order valence-electron chi connectivity index (χ4n) is 4.47. The number of rotatable bonds is 4. The molecule has 1 nitrogen and oxygen atoms in total. The van der Waals surface area contributed by atoms with Crippen LogP contribution in [0, 0.1) is 11.8 Å². The monoisotopic (exact) mass is 271 g/mol. The van der Waals surface area contributed by atoms with Crippen LogP contribution < -0.4 is 0 Å². The molecule has 2 aliphatic rings. The smallest absolute Gasteiger partial charge is 0.00247 e. The molecule has 20 heavy (non-hydrogen) atoms. The lowest BCUT2D eigenvalue weighted by Gasteiger charge is -2.40. The molecule has 1 fully saturated rings. The van der Waals surface area contributed by atoms with E-state index in [0.29, 0.717) is 0 Å². The minimum Gasteiger partial charge on any atom is -0.309 e. The Kier molecular flexibility index (Phi) is 4.45. The summed E-state index contributed by atoms with van der Waals surface area (Å²) in [5, 5.41) is 0. The van der Waals surface area contributed by atoms with Gasteiger partial charge in [0.2, 0.25) is 0 Å². The predicted octanol–water partition coefficient (Wildman–Crippen LogP) is 4.47. The maximum absolute atomic E-state index is 2.41. The van der Waals surface area contributed by atoms with Crippen molar-refractivity contribution < 1.29 is 0 Å². The van der Waals surface area contributed by atoms with Gasteiger partial charge in [0.05, 0.1) is 0 Å². The van der Waals surface area contributed by atoms with Gasteiger partial charge in [-0.05, 0) is 88.0 Å². The fourth-order valence-corrected chi connectivity index (χ4v) is 4.47. The average Bonchev–Trinajstić information content (AvgIpc) is 2.47.